The molecule has 0 aliphatic carbocycles. The van der Waals surface area contributed by atoms with E-state index in [0.717, 1.165) is 0 Å². The number of fused-ring (bicyclic) bond motifs is 5. The zero-order chi connectivity index (χ0) is 22.5. The van der Waals surface area contributed by atoms with Crippen LogP contribution in [0.4, 0.5) is 0 Å². The Kier molecular flexibility index (Phi) is 4.25. The minimum Gasteiger partial charge on any atom is -0.0622 e. The highest BCUT2D eigenvalue weighted by atomic mass is 14.2. The maximum atomic E-state index is 2.37. The van der Waals surface area contributed by atoms with Gasteiger partial charge in [-0.1, -0.05) is 109 Å². The Morgan fingerprint density at radius 1 is 0.265 bits per heavy atom. The van der Waals surface area contributed by atoms with Crippen LogP contribution in [0.15, 0.2) is 133 Å². The summed E-state index contributed by atoms with van der Waals surface area (Å²) in [6.45, 7) is 0. The van der Waals surface area contributed by atoms with Crippen molar-refractivity contribution >= 4 is 43.1 Å². The van der Waals surface area contributed by atoms with Crippen molar-refractivity contribution in [1.29, 1.82) is 0 Å². The fourth-order valence-corrected chi connectivity index (χ4v) is 5.35. The van der Waals surface area contributed by atoms with Crippen molar-refractivity contribution in [2.45, 2.75) is 0 Å². The van der Waals surface area contributed by atoms with Gasteiger partial charge in [-0.2, -0.15) is 0 Å². The lowest BCUT2D eigenvalue weighted by Gasteiger charge is -2.15. The van der Waals surface area contributed by atoms with E-state index in [9.17, 15) is 0 Å². The van der Waals surface area contributed by atoms with Gasteiger partial charge in [0.25, 0.3) is 0 Å². The fraction of sp³-hybridized carbons (Fsp3) is 0. The molecular formula is C34H22. The van der Waals surface area contributed by atoms with Gasteiger partial charge in [0.15, 0.2) is 0 Å². The molecule has 7 aromatic carbocycles. The zero-order valence-electron chi connectivity index (χ0n) is 18.7. The number of hydrogen-bond donors (Lipinski definition) is 0. The van der Waals surface area contributed by atoms with Gasteiger partial charge >= 0.3 is 0 Å². The standard InChI is InChI=1S/C34H22/c1-3-9-23(10-4-1)25-15-16-26-21-32-28(20-29(26)19-25)17-18-31-33(32)22-27-13-7-8-14-30(27)34(31)24-11-5-2-6-12-24/h1-22H. The molecule has 0 amide bonds. The SMILES string of the molecule is c1ccc(-c2ccc3cc4c(ccc5c(-c6ccccc6)c6ccccc6cc54)cc3c2)cc1. The molecule has 0 bridgehead atoms. The summed E-state index contributed by atoms with van der Waals surface area (Å²) in [5.74, 6) is 0. The van der Waals surface area contributed by atoms with Crippen LogP contribution in [0.5, 0.6) is 0 Å². The highest BCUT2D eigenvalue weighted by molar-refractivity contribution is 6.21. The average Bonchev–Trinajstić information content (AvgIpc) is 2.91. The lowest BCUT2D eigenvalue weighted by molar-refractivity contribution is 1.65. The van der Waals surface area contributed by atoms with E-state index in [-0.39, 0.29) is 0 Å². The molecule has 0 atom stereocenters. The van der Waals surface area contributed by atoms with Crippen molar-refractivity contribution in [2.75, 3.05) is 0 Å². The smallest absolute Gasteiger partial charge is 0.00266 e. The second-order valence-corrected chi connectivity index (χ2v) is 9.00. The summed E-state index contributed by atoms with van der Waals surface area (Å²) in [6, 6.07) is 48.6. The third kappa shape index (κ3) is 3.00. The van der Waals surface area contributed by atoms with Gasteiger partial charge in [0.1, 0.15) is 0 Å². The molecule has 0 saturated carbocycles. The highest BCUT2D eigenvalue weighted by Crippen LogP contribution is 2.40. The summed E-state index contributed by atoms with van der Waals surface area (Å²) < 4.78 is 0. The van der Waals surface area contributed by atoms with Crippen molar-refractivity contribution in [1.82, 2.24) is 0 Å². The molecule has 0 radical (unpaired) electrons. The normalized spacial score (nSPS) is 11.5. The molecule has 0 heteroatoms. The third-order valence-electron chi connectivity index (χ3n) is 6.99. The van der Waals surface area contributed by atoms with Crippen LogP contribution >= 0.6 is 0 Å². The first kappa shape index (κ1) is 19.1. The predicted octanol–water partition coefficient (Wildman–Crippen LogP) is 9.63. The molecule has 0 spiro atoms. The first-order valence-electron chi connectivity index (χ1n) is 11.8. The number of rotatable bonds is 2. The Balaban J connectivity index is 1.54. The van der Waals surface area contributed by atoms with E-state index in [1.165, 1.54) is 65.3 Å². The van der Waals surface area contributed by atoms with E-state index in [1.807, 2.05) is 0 Å². The first-order chi connectivity index (χ1) is 16.8. The molecular weight excluding hydrogens is 408 g/mol. The van der Waals surface area contributed by atoms with Gasteiger partial charge in [-0.05, 0) is 89.6 Å². The minimum atomic E-state index is 1.25. The summed E-state index contributed by atoms with van der Waals surface area (Å²) in [7, 11) is 0. The average molecular weight is 431 g/mol. The first-order valence-corrected chi connectivity index (χ1v) is 11.8. The summed E-state index contributed by atoms with van der Waals surface area (Å²) in [5, 5.41) is 10.3. The van der Waals surface area contributed by atoms with Gasteiger partial charge in [-0.15, -0.1) is 0 Å². The van der Waals surface area contributed by atoms with Crippen molar-refractivity contribution in [3.63, 3.8) is 0 Å². The van der Waals surface area contributed by atoms with Gasteiger partial charge in [-0.25, -0.2) is 0 Å². The highest BCUT2D eigenvalue weighted by Gasteiger charge is 2.12. The predicted molar refractivity (Wildman–Crippen MR) is 147 cm³/mol. The molecule has 7 rings (SSSR count). The van der Waals surface area contributed by atoms with Crippen LogP contribution in [0.25, 0.3) is 65.3 Å². The summed E-state index contributed by atoms with van der Waals surface area (Å²) >= 11 is 0. The van der Waals surface area contributed by atoms with Crippen LogP contribution < -0.4 is 0 Å². The van der Waals surface area contributed by atoms with E-state index >= 15 is 0 Å². The Hall–Kier alpha value is -4.42. The third-order valence-corrected chi connectivity index (χ3v) is 6.99. The Labute approximate surface area is 198 Å². The Morgan fingerprint density at radius 3 is 1.74 bits per heavy atom. The molecule has 0 aliphatic rings. The van der Waals surface area contributed by atoms with Crippen LogP contribution in [0, 0.1) is 0 Å². The van der Waals surface area contributed by atoms with Crippen LogP contribution in [0.1, 0.15) is 0 Å². The molecule has 0 saturated heterocycles. The second kappa shape index (κ2) is 7.57. The monoisotopic (exact) mass is 430 g/mol. The molecule has 0 nitrogen and oxygen atoms in total. The number of benzene rings is 7. The van der Waals surface area contributed by atoms with Crippen molar-refractivity contribution in [3.05, 3.63) is 133 Å². The Morgan fingerprint density at radius 2 is 0.912 bits per heavy atom. The molecule has 158 valence electrons. The van der Waals surface area contributed by atoms with E-state index in [2.05, 4.69) is 133 Å². The second-order valence-electron chi connectivity index (χ2n) is 9.00. The molecule has 0 aliphatic heterocycles. The molecule has 0 fully saturated rings. The lowest BCUT2D eigenvalue weighted by atomic mass is 9.89. The zero-order valence-corrected chi connectivity index (χ0v) is 18.7. The lowest BCUT2D eigenvalue weighted by Crippen LogP contribution is -1.87. The summed E-state index contributed by atoms with van der Waals surface area (Å²) in [4.78, 5) is 0. The van der Waals surface area contributed by atoms with Crippen LogP contribution in [0.2, 0.25) is 0 Å². The fourth-order valence-electron chi connectivity index (χ4n) is 5.35. The molecule has 0 N–H and O–H groups in total. The van der Waals surface area contributed by atoms with Crippen molar-refractivity contribution < 1.29 is 0 Å². The number of hydrogen-bond acceptors (Lipinski definition) is 0. The van der Waals surface area contributed by atoms with Crippen LogP contribution in [-0.2, 0) is 0 Å². The van der Waals surface area contributed by atoms with Gasteiger partial charge in [0, 0.05) is 0 Å². The van der Waals surface area contributed by atoms with Gasteiger partial charge in [0.2, 0.25) is 0 Å². The molecule has 0 aromatic heterocycles. The largest absolute Gasteiger partial charge is 0.0622 e. The van der Waals surface area contributed by atoms with Gasteiger partial charge < -0.3 is 0 Å². The van der Waals surface area contributed by atoms with Crippen molar-refractivity contribution in [2.24, 2.45) is 0 Å². The molecule has 0 unspecified atom stereocenters. The van der Waals surface area contributed by atoms with E-state index < -0.39 is 0 Å². The summed E-state index contributed by atoms with van der Waals surface area (Å²) in [5.41, 5.74) is 5.08. The van der Waals surface area contributed by atoms with E-state index in [4.69, 9.17) is 0 Å². The van der Waals surface area contributed by atoms with E-state index in [1.54, 1.807) is 0 Å². The summed E-state index contributed by atoms with van der Waals surface area (Å²) in [6.07, 6.45) is 0. The van der Waals surface area contributed by atoms with Crippen LogP contribution in [0.3, 0.4) is 0 Å². The van der Waals surface area contributed by atoms with Crippen LogP contribution in [-0.4, -0.2) is 0 Å². The maximum Gasteiger partial charge on any atom is -0.00266 e. The van der Waals surface area contributed by atoms with Gasteiger partial charge in [0.05, 0.1) is 0 Å². The molecule has 0 heterocycles. The Bertz CT molecular complexity index is 1830. The quantitative estimate of drug-likeness (QED) is 0.189. The van der Waals surface area contributed by atoms with E-state index in [0.29, 0.717) is 0 Å². The minimum absolute atomic E-state index is 1.25. The molecule has 34 heavy (non-hydrogen) atoms. The topological polar surface area (TPSA) is 0 Å². The molecule has 7 aromatic rings. The van der Waals surface area contributed by atoms with Gasteiger partial charge in [-0.3, -0.25) is 0 Å². The van der Waals surface area contributed by atoms with Crippen molar-refractivity contribution in [3.8, 4) is 22.3 Å². The maximum absolute atomic E-state index is 2.37.